The zero-order valence-electron chi connectivity index (χ0n) is 17.8. The number of carboxylic acid groups (broad SMARTS) is 1. The molecule has 5 nitrogen and oxygen atoms in total. The maximum absolute atomic E-state index is 13.3. The van der Waals surface area contributed by atoms with Gasteiger partial charge in [-0.25, -0.2) is 4.39 Å². The Kier molecular flexibility index (Phi) is 5.95. The van der Waals surface area contributed by atoms with Crippen molar-refractivity contribution >= 4 is 11.8 Å². The van der Waals surface area contributed by atoms with E-state index in [4.69, 9.17) is 0 Å². The second-order valence-corrected chi connectivity index (χ2v) is 8.99. The van der Waals surface area contributed by atoms with Gasteiger partial charge in [-0.1, -0.05) is 42.5 Å². The Morgan fingerprint density at radius 1 is 1.06 bits per heavy atom. The van der Waals surface area contributed by atoms with E-state index in [0.717, 1.165) is 25.9 Å². The van der Waals surface area contributed by atoms with Gasteiger partial charge in [-0.05, 0) is 55.4 Å². The average Bonchev–Trinajstić information content (AvgIpc) is 3.49. The highest BCUT2D eigenvalue weighted by molar-refractivity contribution is 5.86. The Morgan fingerprint density at radius 3 is 2.29 bits per heavy atom. The monoisotopic (exact) mass is 424 g/mol. The summed E-state index contributed by atoms with van der Waals surface area (Å²) in [7, 11) is 0. The molecule has 6 heteroatoms. The number of hydrogen-bond donors (Lipinski definition) is 2. The standard InChI is InChI=1S/C25H29FN2O3/c1-18(29)16-27-24(19-5-3-2-4-6-19)11-13-28(14-12-24)17-21-15-25(21,23(30)31)20-7-9-22(26)10-8-20/h2-10,21,27H,11-17H2,1H3,(H,30,31). The van der Waals surface area contributed by atoms with Gasteiger partial charge in [0.1, 0.15) is 11.6 Å². The Labute approximate surface area is 182 Å². The molecular weight excluding hydrogens is 395 g/mol. The quantitative estimate of drug-likeness (QED) is 0.680. The molecule has 2 aliphatic rings. The molecule has 0 spiro atoms. The van der Waals surface area contributed by atoms with E-state index in [2.05, 4.69) is 22.3 Å². The van der Waals surface area contributed by atoms with Crippen LogP contribution in [0, 0.1) is 11.7 Å². The minimum Gasteiger partial charge on any atom is -0.481 e. The number of piperidine rings is 1. The number of rotatable bonds is 8. The number of carbonyl (C=O) groups excluding carboxylic acids is 1. The van der Waals surface area contributed by atoms with Gasteiger partial charge in [0.05, 0.1) is 12.0 Å². The number of hydrogen-bond acceptors (Lipinski definition) is 4. The Hall–Kier alpha value is -2.57. The van der Waals surface area contributed by atoms with Crippen LogP contribution < -0.4 is 5.32 Å². The van der Waals surface area contributed by atoms with E-state index in [1.54, 1.807) is 19.1 Å². The lowest BCUT2D eigenvalue weighted by Gasteiger charge is -2.43. The smallest absolute Gasteiger partial charge is 0.314 e. The number of ketones is 1. The van der Waals surface area contributed by atoms with Crippen molar-refractivity contribution in [2.24, 2.45) is 5.92 Å². The average molecular weight is 425 g/mol. The van der Waals surface area contributed by atoms with Crippen LogP contribution in [0.4, 0.5) is 4.39 Å². The number of carboxylic acids is 1. The van der Waals surface area contributed by atoms with Crippen molar-refractivity contribution in [3.05, 3.63) is 71.5 Å². The number of halogens is 1. The lowest BCUT2D eigenvalue weighted by Crippen LogP contribution is -2.52. The van der Waals surface area contributed by atoms with E-state index in [1.165, 1.54) is 17.7 Å². The summed E-state index contributed by atoms with van der Waals surface area (Å²) in [5.41, 5.74) is 0.723. The molecule has 0 bridgehead atoms. The molecule has 4 rings (SSSR count). The van der Waals surface area contributed by atoms with Crippen LogP contribution in [0.1, 0.15) is 37.3 Å². The first kappa shape index (κ1) is 21.7. The highest BCUT2D eigenvalue weighted by Gasteiger charge is 2.61. The van der Waals surface area contributed by atoms with Crippen LogP contribution >= 0.6 is 0 Å². The summed E-state index contributed by atoms with van der Waals surface area (Å²) in [4.78, 5) is 26.0. The zero-order valence-corrected chi connectivity index (χ0v) is 17.8. The molecular formula is C25H29FN2O3. The lowest BCUT2D eigenvalue weighted by molar-refractivity contribution is -0.140. The third kappa shape index (κ3) is 4.27. The number of carbonyl (C=O) groups is 2. The van der Waals surface area contributed by atoms with Crippen LogP contribution in [-0.4, -0.2) is 47.9 Å². The van der Waals surface area contributed by atoms with Gasteiger partial charge in [0.25, 0.3) is 0 Å². The number of benzene rings is 2. The fraction of sp³-hybridized carbons (Fsp3) is 0.440. The molecule has 2 aromatic carbocycles. The fourth-order valence-electron chi connectivity index (χ4n) is 5.08. The molecule has 1 saturated carbocycles. The van der Waals surface area contributed by atoms with Crippen molar-refractivity contribution < 1.29 is 19.1 Å². The highest BCUT2D eigenvalue weighted by atomic mass is 19.1. The Bertz CT molecular complexity index is 939. The van der Waals surface area contributed by atoms with Crippen LogP contribution in [0.3, 0.4) is 0 Å². The molecule has 31 heavy (non-hydrogen) atoms. The van der Waals surface area contributed by atoms with E-state index in [0.29, 0.717) is 25.1 Å². The van der Waals surface area contributed by atoms with Crippen LogP contribution in [0.25, 0.3) is 0 Å². The predicted octanol–water partition coefficient (Wildman–Crippen LogP) is 3.34. The molecule has 2 unspecified atom stereocenters. The van der Waals surface area contributed by atoms with Crippen molar-refractivity contribution in [1.82, 2.24) is 10.2 Å². The van der Waals surface area contributed by atoms with E-state index >= 15 is 0 Å². The van der Waals surface area contributed by atoms with Crippen molar-refractivity contribution in [3.8, 4) is 0 Å². The fourth-order valence-corrected chi connectivity index (χ4v) is 5.08. The number of nitrogens with zero attached hydrogens (tertiary/aromatic N) is 1. The second-order valence-electron chi connectivity index (χ2n) is 8.99. The predicted molar refractivity (Wildman–Crippen MR) is 116 cm³/mol. The van der Waals surface area contributed by atoms with Crippen molar-refractivity contribution in [3.63, 3.8) is 0 Å². The summed E-state index contributed by atoms with van der Waals surface area (Å²) in [6, 6.07) is 16.1. The Morgan fingerprint density at radius 2 is 1.71 bits per heavy atom. The van der Waals surface area contributed by atoms with Gasteiger partial charge in [0, 0.05) is 25.2 Å². The van der Waals surface area contributed by atoms with Crippen molar-refractivity contribution in [2.45, 2.75) is 37.1 Å². The molecule has 2 aromatic rings. The van der Waals surface area contributed by atoms with Crippen molar-refractivity contribution in [1.29, 1.82) is 0 Å². The van der Waals surface area contributed by atoms with Gasteiger partial charge in [0.15, 0.2) is 0 Å². The first-order valence-electron chi connectivity index (χ1n) is 10.9. The van der Waals surface area contributed by atoms with Crippen LogP contribution in [0.15, 0.2) is 54.6 Å². The summed E-state index contributed by atoms with van der Waals surface area (Å²) in [6.45, 7) is 4.30. The number of nitrogens with one attached hydrogen (secondary N) is 1. The first-order chi connectivity index (χ1) is 14.9. The molecule has 1 aliphatic heterocycles. The summed E-state index contributed by atoms with van der Waals surface area (Å²) < 4.78 is 13.3. The summed E-state index contributed by atoms with van der Waals surface area (Å²) in [6.07, 6.45) is 2.29. The molecule has 164 valence electrons. The van der Waals surface area contributed by atoms with Crippen LogP contribution in [0.2, 0.25) is 0 Å². The molecule has 0 amide bonds. The molecule has 0 aromatic heterocycles. The van der Waals surface area contributed by atoms with Crippen LogP contribution in [0.5, 0.6) is 0 Å². The van der Waals surface area contributed by atoms with Crippen LogP contribution in [-0.2, 0) is 20.5 Å². The SMILES string of the molecule is CC(=O)CNC1(c2ccccc2)CCN(CC2CC2(C(=O)O)c2ccc(F)cc2)CC1. The topological polar surface area (TPSA) is 69.6 Å². The van der Waals surface area contributed by atoms with Gasteiger partial charge in [0.2, 0.25) is 0 Å². The zero-order chi connectivity index (χ0) is 22.1. The Balaban J connectivity index is 1.44. The minimum atomic E-state index is -0.908. The molecule has 1 saturated heterocycles. The number of aliphatic carboxylic acids is 1. The largest absolute Gasteiger partial charge is 0.481 e. The molecule has 2 fully saturated rings. The number of Topliss-reactive ketones (excluding diaryl/α,β-unsaturated/α-hetero) is 1. The third-order valence-electron chi connectivity index (χ3n) is 7.04. The molecule has 1 heterocycles. The maximum Gasteiger partial charge on any atom is 0.314 e. The molecule has 2 N–H and O–H groups in total. The van der Waals surface area contributed by atoms with E-state index < -0.39 is 11.4 Å². The summed E-state index contributed by atoms with van der Waals surface area (Å²) in [5, 5.41) is 13.4. The van der Waals surface area contributed by atoms with Gasteiger partial charge in [-0.15, -0.1) is 0 Å². The lowest BCUT2D eigenvalue weighted by atomic mass is 9.80. The third-order valence-corrected chi connectivity index (χ3v) is 7.04. The van der Waals surface area contributed by atoms with E-state index in [9.17, 15) is 19.1 Å². The van der Waals surface area contributed by atoms with Gasteiger partial charge in [-0.3, -0.25) is 9.59 Å². The number of likely N-dealkylation sites (tertiary alicyclic amines) is 1. The summed E-state index contributed by atoms with van der Waals surface area (Å²) >= 11 is 0. The van der Waals surface area contributed by atoms with E-state index in [1.807, 2.05) is 18.2 Å². The normalized spacial score (nSPS) is 25.2. The van der Waals surface area contributed by atoms with Gasteiger partial charge in [-0.2, -0.15) is 0 Å². The minimum absolute atomic E-state index is 0.0184. The molecule has 0 radical (unpaired) electrons. The van der Waals surface area contributed by atoms with Gasteiger partial charge < -0.3 is 15.3 Å². The highest BCUT2D eigenvalue weighted by Crippen LogP contribution is 2.55. The van der Waals surface area contributed by atoms with E-state index in [-0.39, 0.29) is 23.1 Å². The molecule has 1 aliphatic carbocycles. The maximum atomic E-state index is 13.3. The molecule has 2 atom stereocenters. The van der Waals surface area contributed by atoms with Gasteiger partial charge >= 0.3 is 5.97 Å². The summed E-state index contributed by atoms with van der Waals surface area (Å²) in [5.74, 6) is -1.05. The first-order valence-corrected chi connectivity index (χ1v) is 10.9. The van der Waals surface area contributed by atoms with Crippen molar-refractivity contribution in [2.75, 3.05) is 26.2 Å². The second kappa shape index (κ2) is 8.52.